The van der Waals surface area contributed by atoms with Crippen LogP contribution in [0.5, 0.6) is 0 Å². The second-order valence-electron chi connectivity index (χ2n) is 8.32. The average molecular weight is 446 g/mol. The number of carboxylic acid groups (broad SMARTS) is 1. The maximum atomic E-state index is 13.7. The summed E-state index contributed by atoms with van der Waals surface area (Å²) in [6.07, 6.45) is -0.587. The van der Waals surface area contributed by atoms with Gasteiger partial charge in [0.2, 0.25) is 11.8 Å². The Kier molecular flexibility index (Phi) is 6.58. The minimum absolute atomic E-state index is 0.221. The van der Waals surface area contributed by atoms with Crippen LogP contribution in [0.3, 0.4) is 0 Å². The molecule has 0 bridgehead atoms. The Morgan fingerprint density at radius 3 is 2.45 bits per heavy atom. The van der Waals surface area contributed by atoms with Crippen LogP contribution < -0.4 is 5.32 Å². The van der Waals surface area contributed by atoms with E-state index in [1.165, 1.54) is 11.9 Å². The Labute approximate surface area is 192 Å². The minimum Gasteiger partial charge on any atom is -0.465 e. The molecule has 33 heavy (non-hydrogen) atoms. The van der Waals surface area contributed by atoms with Gasteiger partial charge in [0.05, 0.1) is 0 Å². The molecule has 0 saturated carbocycles. The van der Waals surface area contributed by atoms with Gasteiger partial charge < -0.3 is 15.3 Å². The maximum Gasteiger partial charge on any atom is 0.407 e. The Morgan fingerprint density at radius 1 is 1.03 bits per heavy atom. The van der Waals surface area contributed by atoms with E-state index >= 15 is 0 Å². The van der Waals surface area contributed by atoms with Gasteiger partial charge in [0.15, 0.2) is 0 Å². The lowest BCUT2D eigenvalue weighted by Gasteiger charge is -2.38. The summed E-state index contributed by atoms with van der Waals surface area (Å²) in [7, 11) is 1.40. The Bertz CT molecular complexity index is 1160. The van der Waals surface area contributed by atoms with E-state index in [1.807, 2.05) is 72.8 Å². The van der Waals surface area contributed by atoms with E-state index in [1.54, 1.807) is 0 Å². The quantitative estimate of drug-likeness (QED) is 0.611. The molecule has 2 N–H and O–H groups in total. The number of benzene rings is 3. The van der Waals surface area contributed by atoms with E-state index in [4.69, 9.17) is 0 Å². The van der Waals surface area contributed by atoms with E-state index < -0.39 is 18.2 Å². The van der Waals surface area contributed by atoms with Crippen molar-refractivity contribution in [2.24, 2.45) is 0 Å². The minimum atomic E-state index is -1.18. The molecule has 1 heterocycles. The van der Waals surface area contributed by atoms with Gasteiger partial charge in [-0.15, -0.1) is 0 Å². The lowest BCUT2D eigenvalue weighted by atomic mass is 9.97. The molecule has 1 fully saturated rings. The first-order chi connectivity index (χ1) is 15.9. The molecule has 3 aromatic rings. The van der Waals surface area contributed by atoms with Gasteiger partial charge in [-0.1, -0.05) is 72.8 Å². The third kappa shape index (κ3) is 4.98. The number of amides is 3. The predicted octanol–water partition coefficient (Wildman–Crippen LogP) is 2.93. The van der Waals surface area contributed by atoms with Crippen molar-refractivity contribution in [2.45, 2.75) is 24.9 Å². The van der Waals surface area contributed by atoms with Crippen LogP contribution in [-0.4, -0.2) is 65.0 Å². The fourth-order valence-electron chi connectivity index (χ4n) is 4.32. The van der Waals surface area contributed by atoms with Crippen LogP contribution in [-0.2, 0) is 22.4 Å². The third-order valence-corrected chi connectivity index (χ3v) is 6.18. The molecular weight excluding hydrogens is 418 g/mol. The molecule has 1 aliphatic heterocycles. The Morgan fingerprint density at radius 2 is 1.73 bits per heavy atom. The standard InChI is InChI=1S/C26H27N3O4/c1-28(26(32)33)23(17-19-11-12-20-9-5-6-10-21(20)15-19)25(31)29-14-13-27-24(30)22(29)16-18-7-3-2-4-8-18/h2-12,15,22-23H,13-14,16-17H2,1H3,(H,27,30)(H,32,33)/t22-,23?/m1/s1. The average Bonchev–Trinajstić information content (AvgIpc) is 2.83. The smallest absolute Gasteiger partial charge is 0.407 e. The largest absolute Gasteiger partial charge is 0.465 e. The van der Waals surface area contributed by atoms with Crippen LogP contribution >= 0.6 is 0 Å². The number of likely N-dealkylation sites (N-methyl/N-ethyl adjacent to an activating group) is 1. The molecule has 1 unspecified atom stereocenters. The summed E-state index contributed by atoms with van der Waals surface area (Å²) >= 11 is 0. The first kappa shape index (κ1) is 22.3. The van der Waals surface area contributed by atoms with Crippen molar-refractivity contribution < 1.29 is 19.5 Å². The second-order valence-corrected chi connectivity index (χ2v) is 8.32. The third-order valence-electron chi connectivity index (χ3n) is 6.18. The zero-order valence-electron chi connectivity index (χ0n) is 18.5. The van der Waals surface area contributed by atoms with Crippen molar-refractivity contribution in [1.29, 1.82) is 0 Å². The van der Waals surface area contributed by atoms with Gasteiger partial charge in [-0.3, -0.25) is 14.5 Å². The normalized spacial score (nSPS) is 16.8. The second kappa shape index (κ2) is 9.73. The van der Waals surface area contributed by atoms with Gasteiger partial charge >= 0.3 is 6.09 Å². The van der Waals surface area contributed by atoms with Gasteiger partial charge in [0.25, 0.3) is 0 Å². The van der Waals surface area contributed by atoms with Crippen LogP contribution in [0.4, 0.5) is 4.79 Å². The monoisotopic (exact) mass is 445 g/mol. The summed E-state index contributed by atoms with van der Waals surface area (Å²) in [4.78, 5) is 40.8. The van der Waals surface area contributed by atoms with Crippen molar-refractivity contribution in [3.8, 4) is 0 Å². The zero-order chi connectivity index (χ0) is 23.4. The summed E-state index contributed by atoms with van der Waals surface area (Å²) < 4.78 is 0. The van der Waals surface area contributed by atoms with Crippen LogP contribution in [0.1, 0.15) is 11.1 Å². The molecule has 0 radical (unpaired) electrons. The lowest BCUT2D eigenvalue weighted by molar-refractivity contribution is -0.146. The molecule has 7 nitrogen and oxygen atoms in total. The fraction of sp³-hybridized carbons (Fsp3) is 0.269. The molecule has 3 aromatic carbocycles. The molecule has 0 aliphatic carbocycles. The SMILES string of the molecule is CN(C(=O)O)C(Cc1ccc2ccccc2c1)C(=O)N1CCNC(=O)[C@H]1Cc1ccccc1. The number of carbonyl (C=O) groups is 3. The molecule has 4 rings (SSSR count). The van der Waals surface area contributed by atoms with E-state index in [9.17, 15) is 19.5 Å². The molecule has 0 aromatic heterocycles. The van der Waals surface area contributed by atoms with E-state index in [0.29, 0.717) is 19.5 Å². The van der Waals surface area contributed by atoms with E-state index in [-0.39, 0.29) is 18.2 Å². The number of piperazine rings is 1. The summed E-state index contributed by atoms with van der Waals surface area (Å²) in [5, 5.41) is 14.6. The van der Waals surface area contributed by atoms with Gasteiger partial charge in [-0.25, -0.2) is 4.79 Å². The molecule has 1 saturated heterocycles. The van der Waals surface area contributed by atoms with Crippen LogP contribution in [0.2, 0.25) is 0 Å². The highest BCUT2D eigenvalue weighted by Gasteiger charge is 2.38. The number of rotatable bonds is 6. The van der Waals surface area contributed by atoms with Crippen LogP contribution in [0.15, 0.2) is 72.8 Å². The van der Waals surface area contributed by atoms with Crippen molar-refractivity contribution in [3.63, 3.8) is 0 Å². The number of hydrogen-bond acceptors (Lipinski definition) is 3. The zero-order valence-corrected chi connectivity index (χ0v) is 18.5. The fourth-order valence-corrected chi connectivity index (χ4v) is 4.32. The lowest BCUT2D eigenvalue weighted by Crippen LogP contribution is -2.62. The topological polar surface area (TPSA) is 90.0 Å². The van der Waals surface area contributed by atoms with E-state index in [0.717, 1.165) is 26.8 Å². The summed E-state index contributed by atoms with van der Waals surface area (Å²) in [5.41, 5.74) is 1.80. The molecule has 0 spiro atoms. The first-order valence-corrected chi connectivity index (χ1v) is 11.0. The highest BCUT2D eigenvalue weighted by Crippen LogP contribution is 2.21. The number of nitrogens with one attached hydrogen (secondary N) is 1. The van der Waals surface area contributed by atoms with Gasteiger partial charge in [-0.2, -0.15) is 0 Å². The van der Waals surface area contributed by atoms with Gasteiger partial charge in [0.1, 0.15) is 12.1 Å². The molecule has 2 atom stereocenters. The summed E-state index contributed by atoms with van der Waals surface area (Å²) in [5.74, 6) is -0.579. The van der Waals surface area contributed by atoms with Gasteiger partial charge in [-0.05, 0) is 21.9 Å². The molecule has 7 heteroatoms. The van der Waals surface area contributed by atoms with Crippen molar-refractivity contribution in [1.82, 2.24) is 15.1 Å². The van der Waals surface area contributed by atoms with E-state index in [2.05, 4.69) is 5.32 Å². The van der Waals surface area contributed by atoms with Crippen molar-refractivity contribution >= 4 is 28.7 Å². The highest BCUT2D eigenvalue weighted by molar-refractivity contribution is 5.92. The van der Waals surface area contributed by atoms with Crippen molar-refractivity contribution in [2.75, 3.05) is 20.1 Å². The number of nitrogens with zero attached hydrogens (tertiary/aromatic N) is 2. The highest BCUT2D eigenvalue weighted by atomic mass is 16.4. The van der Waals surface area contributed by atoms with Crippen molar-refractivity contribution in [3.05, 3.63) is 83.9 Å². The maximum absolute atomic E-state index is 13.7. The number of carbonyl (C=O) groups excluding carboxylic acids is 2. The summed E-state index contributed by atoms with van der Waals surface area (Å²) in [6.45, 7) is 0.680. The Balaban J connectivity index is 1.62. The summed E-state index contributed by atoms with van der Waals surface area (Å²) in [6, 6.07) is 21.7. The molecule has 170 valence electrons. The van der Waals surface area contributed by atoms with Crippen LogP contribution in [0, 0.1) is 0 Å². The predicted molar refractivity (Wildman–Crippen MR) is 126 cm³/mol. The molecule has 1 aliphatic rings. The first-order valence-electron chi connectivity index (χ1n) is 11.0. The number of fused-ring (bicyclic) bond motifs is 1. The molecule has 3 amide bonds. The molecular formula is C26H27N3O4. The number of hydrogen-bond donors (Lipinski definition) is 2. The Hall–Kier alpha value is -3.87. The van der Waals surface area contributed by atoms with Gasteiger partial charge in [0, 0.05) is 33.0 Å². The van der Waals surface area contributed by atoms with Crippen LogP contribution in [0.25, 0.3) is 10.8 Å².